The largest absolute Gasteiger partial charge is 0.377 e. The molecule has 4 atom stereocenters. The molecular formula is C60H72N2O4. The molecule has 6 aromatic rings. The molecule has 0 radical (unpaired) electrons. The summed E-state index contributed by atoms with van der Waals surface area (Å²) in [6.07, 6.45) is 5.14. The third-order valence-corrected chi connectivity index (χ3v) is 13.7. The van der Waals surface area contributed by atoms with E-state index in [-0.39, 0.29) is 34.5 Å². The summed E-state index contributed by atoms with van der Waals surface area (Å²) in [5.41, 5.74) is 6.85. The third-order valence-electron chi connectivity index (χ3n) is 13.7. The number of hydrogen-bond donors (Lipinski definition) is 2. The van der Waals surface area contributed by atoms with Gasteiger partial charge >= 0.3 is 0 Å². The minimum atomic E-state index is -0.364. The topological polar surface area (TPSA) is 76.7 Å². The molecule has 6 rings (SSSR count). The van der Waals surface area contributed by atoms with Crippen LogP contribution < -0.4 is 10.6 Å². The zero-order valence-electron chi connectivity index (χ0n) is 39.7. The molecule has 2 amide bonds. The molecule has 0 saturated heterocycles. The first kappa shape index (κ1) is 49.6. The van der Waals surface area contributed by atoms with Crippen molar-refractivity contribution in [1.29, 1.82) is 0 Å². The molecule has 0 spiro atoms. The van der Waals surface area contributed by atoms with Crippen LogP contribution in [-0.2, 0) is 29.9 Å². The molecular weight excluding hydrogens is 813 g/mol. The van der Waals surface area contributed by atoms with Gasteiger partial charge in [-0.15, -0.1) is 0 Å². The molecule has 4 unspecified atom stereocenters. The van der Waals surface area contributed by atoms with Crippen molar-refractivity contribution in [2.24, 2.45) is 11.8 Å². The summed E-state index contributed by atoms with van der Waals surface area (Å²) in [4.78, 5) is 27.5. The molecule has 0 bridgehead atoms. The van der Waals surface area contributed by atoms with Crippen molar-refractivity contribution < 1.29 is 19.1 Å². The lowest BCUT2D eigenvalue weighted by molar-refractivity contribution is -0.126. The highest BCUT2D eigenvalue weighted by atomic mass is 16.5. The Morgan fingerprint density at radius 2 is 0.682 bits per heavy atom. The van der Waals surface area contributed by atoms with Gasteiger partial charge < -0.3 is 20.1 Å². The van der Waals surface area contributed by atoms with E-state index in [4.69, 9.17) is 9.47 Å². The summed E-state index contributed by atoms with van der Waals surface area (Å²) in [7, 11) is 0. The van der Waals surface area contributed by atoms with Gasteiger partial charge in [-0.25, -0.2) is 0 Å². The Balaban J connectivity index is 0.970. The Kier molecular flexibility index (Phi) is 19.4. The van der Waals surface area contributed by atoms with Gasteiger partial charge in [0.15, 0.2) is 0 Å². The van der Waals surface area contributed by atoms with Crippen LogP contribution in [0.1, 0.15) is 111 Å². The van der Waals surface area contributed by atoms with Crippen molar-refractivity contribution in [3.05, 3.63) is 215 Å². The molecule has 0 aliphatic rings. The van der Waals surface area contributed by atoms with Crippen LogP contribution in [0.25, 0.3) is 0 Å². The highest BCUT2D eigenvalue weighted by Gasteiger charge is 2.41. The van der Waals surface area contributed by atoms with Gasteiger partial charge in [0.2, 0.25) is 11.8 Å². The van der Waals surface area contributed by atoms with Crippen LogP contribution in [0.3, 0.4) is 0 Å². The van der Waals surface area contributed by atoms with E-state index in [9.17, 15) is 9.59 Å². The fourth-order valence-electron chi connectivity index (χ4n) is 10.2. The van der Waals surface area contributed by atoms with E-state index in [1.54, 1.807) is 0 Å². The van der Waals surface area contributed by atoms with E-state index in [0.717, 1.165) is 25.7 Å². The van der Waals surface area contributed by atoms with Gasteiger partial charge in [-0.1, -0.05) is 210 Å². The molecule has 0 aromatic heterocycles. The van der Waals surface area contributed by atoms with Gasteiger partial charge in [0.1, 0.15) is 0 Å². The maximum Gasteiger partial charge on any atom is 0.222 e. The van der Waals surface area contributed by atoms with Gasteiger partial charge in [-0.3, -0.25) is 9.59 Å². The molecule has 6 nitrogen and oxygen atoms in total. The van der Waals surface area contributed by atoms with Crippen LogP contribution in [0, 0.1) is 11.8 Å². The predicted octanol–water partition coefficient (Wildman–Crippen LogP) is 12.4. The van der Waals surface area contributed by atoms with Crippen LogP contribution >= 0.6 is 0 Å². The van der Waals surface area contributed by atoms with Crippen LogP contribution in [0.5, 0.6) is 0 Å². The van der Waals surface area contributed by atoms with Gasteiger partial charge in [0.05, 0.1) is 26.4 Å². The average molecular weight is 885 g/mol. The van der Waals surface area contributed by atoms with E-state index < -0.39 is 0 Å². The first-order valence-electron chi connectivity index (χ1n) is 24.3. The first-order valence-corrected chi connectivity index (χ1v) is 24.3. The van der Waals surface area contributed by atoms with Gasteiger partial charge in [-0.05, 0) is 83.7 Å². The predicted molar refractivity (Wildman–Crippen MR) is 271 cm³/mol. The zero-order valence-corrected chi connectivity index (χ0v) is 39.7. The molecule has 0 aliphatic carbocycles. The first-order chi connectivity index (χ1) is 32.3. The highest BCUT2D eigenvalue weighted by molar-refractivity contribution is 5.79. The molecule has 6 aromatic carbocycles. The van der Waals surface area contributed by atoms with Crippen molar-refractivity contribution in [2.75, 3.05) is 39.5 Å². The van der Waals surface area contributed by atoms with Crippen molar-refractivity contribution in [2.45, 2.75) is 88.9 Å². The van der Waals surface area contributed by atoms with Crippen LogP contribution in [-0.4, -0.2) is 51.3 Å². The smallest absolute Gasteiger partial charge is 0.222 e. The van der Waals surface area contributed by atoms with E-state index in [1.165, 1.54) is 33.4 Å². The molecule has 0 heterocycles. The lowest BCUT2D eigenvalue weighted by atomic mass is 9.63. The summed E-state index contributed by atoms with van der Waals surface area (Å²) in [6.45, 7) is 11.0. The maximum absolute atomic E-state index is 13.7. The number of hydrogen-bond acceptors (Lipinski definition) is 4. The molecule has 66 heavy (non-hydrogen) atoms. The highest BCUT2D eigenvalue weighted by Crippen LogP contribution is 2.48. The summed E-state index contributed by atoms with van der Waals surface area (Å²) < 4.78 is 11.7. The van der Waals surface area contributed by atoms with Gasteiger partial charge in [-0.2, -0.15) is 0 Å². The van der Waals surface area contributed by atoms with Crippen molar-refractivity contribution in [3.8, 4) is 0 Å². The normalized spacial score (nSPS) is 13.6. The van der Waals surface area contributed by atoms with E-state index in [2.05, 4.69) is 206 Å². The number of amides is 2. The van der Waals surface area contributed by atoms with Gasteiger partial charge in [0.25, 0.3) is 0 Å². The second-order valence-electron chi connectivity index (χ2n) is 18.1. The quantitative estimate of drug-likeness (QED) is 0.0505. The number of nitrogens with one attached hydrogen (secondary N) is 2. The van der Waals surface area contributed by atoms with E-state index in [0.29, 0.717) is 64.2 Å². The zero-order chi connectivity index (χ0) is 46.5. The van der Waals surface area contributed by atoms with Crippen molar-refractivity contribution in [3.63, 3.8) is 0 Å². The fourth-order valence-corrected chi connectivity index (χ4v) is 10.2. The lowest BCUT2D eigenvalue weighted by Crippen LogP contribution is -2.39. The van der Waals surface area contributed by atoms with Crippen LogP contribution in [0.15, 0.2) is 182 Å². The molecule has 0 fully saturated rings. The SMILES string of the molecule is CCC(CC(CC(C)C(=O)NCCOCCOCCNC(=O)C(C)CC(CC(CC)c1ccccc1)(c1ccccc1)c1ccccc1)(c1ccccc1)c1ccccc1)c1ccccc1. The summed E-state index contributed by atoms with van der Waals surface area (Å²) >= 11 is 0. The lowest BCUT2D eigenvalue weighted by Gasteiger charge is -2.40. The number of ether oxygens (including phenoxy) is 2. The Labute approximate surface area is 395 Å². The number of rotatable bonds is 27. The third kappa shape index (κ3) is 13.4. The Morgan fingerprint density at radius 1 is 0.409 bits per heavy atom. The monoisotopic (exact) mass is 885 g/mol. The molecule has 346 valence electrons. The summed E-state index contributed by atoms with van der Waals surface area (Å²) in [6, 6.07) is 64.4. The molecule has 0 aliphatic heterocycles. The number of benzene rings is 6. The minimum absolute atomic E-state index is 0.0231. The average Bonchev–Trinajstić information content (AvgIpc) is 3.38. The Morgan fingerprint density at radius 3 is 0.955 bits per heavy atom. The minimum Gasteiger partial charge on any atom is -0.377 e. The molecule has 2 N–H and O–H groups in total. The van der Waals surface area contributed by atoms with Crippen LogP contribution in [0.4, 0.5) is 0 Å². The molecule has 0 saturated carbocycles. The maximum atomic E-state index is 13.7. The standard InChI is InChI=1S/C60H72N2O4/c1-5-49(51-25-13-7-14-26-51)45-59(53-29-17-9-18-30-53,54-31-19-10-20-32-54)43-47(3)57(63)61-37-39-65-41-42-66-40-38-62-58(64)48(4)44-60(55-33-21-11-22-34-55,56-35-23-12-24-36-56)46-50(6-2)52-27-15-8-16-28-52/h7-36,47-50H,5-6,37-46H2,1-4H3,(H,61,63)(H,62,64). The Bertz CT molecular complexity index is 2030. The van der Waals surface area contributed by atoms with Crippen molar-refractivity contribution in [1.82, 2.24) is 10.6 Å². The number of carbonyl (C=O) groups excluding carboxylic acids is 2. The number of carbonyl (C=O) groups is 2. The van der Waals surface area contributed by atoms with Crippen LogP contribution in [0.2, 0.25) is 0 Å². The second kappa shape index (κ2) is 25.8. The summed E-state index contributed by atoms with van der Waals surface area (Å²) in [5, 5.41) is 6.29. The van der Waals surface area contributed by atoms with Crippen molar-refractivity contribution >= 4 is 11.8 Å². The van der Waals surface area contributed by atoms with E-state index in [1.807, 2.05) is 13.8 Å². The Hall–Kier alpha value is -5.82. The molecule has 6 heteroatoms. The summed E-state index contributed by atoms with van der Waals surface area (Å²) in [5.74, 6) is 0.217. The fraction of sp³-hybridized carbons (Fsp3) is 0.367. The second-order valence-corrected chi connectivity index (χ2v) is 18.1. The van der Waals surface area contributed by atoms with E-state index >= 15 is 0 Å². The van der Waals surface area contributed by atoms with Gasteiger partial charge in [0, 0.05) is 35.8 Å².